The molecule has 1 aromatic heterocycles. The summed E-state index contributed by atoms with van der Waals surface area (Å²) < 4.78 is 21.5. The van der Waals surface area contributed by atoms with E-state index in [2.05, 4.69) is 20.6 Å². The fraction of sp³-hybridized carbons (Fsp3) is 0.286. The fourth-order valence-electron chi connectivity index (χ4n) is 2.80. The summed E-state index contributed by atoms with van der Waals surface area (Å²) in [4.78, 5) is 12.3. The second kappa shape index (κ2) is 10.2. The third-order valence-corrected chi connectivity index (χ3v) is 5.10. The lowest BCUT2D eigenvalue weighted by atomic mass is 10.1. The zero-order chi connectivity index (χ0) is 22.4. The Kier molecular flexibility index (Phi) is 7.35. The van der Waals surface area contributed by atoms with E-state index in [-0.39, 0.29) is 18.1 Å². The van der Waals surface area contributed by atoms with Gasteiger partial charge in [-0.25, -0.2) is 9.18 Å². The van der Waals surface area contributed by atoms with Crippen molar-refractivity contribution in [2.24, 2.45) is 17.3 Å². The SMILES string of the molecule is CSC/C(=N\N=C(/C)c1ccc(F)cc1)OCc1c(C)cccc1-n1nnn(C)c1=O. The topological polar surface area (TPSA) is 86.7 Å². The zero-order valence-electron chi connectivity index (χ0n) is 17.7. The zero-order valence-corrected chi connectivity index (χ0v) is 18.6. The molecule has 8 nitrogen and oxygen atoms in total. The normalized spacial score (nSPS) is 12.3. The van der Waals surface area contributed by atoms with Gasteiger partial charge in [0.05, 0.1) is 17.2 Å². The maximum absolute atomic E-state index is 13.1. The van der Waals surface area contributed by atoms with Crippen LogP contribution in [0.2, 0.25) is 0 Å². The Bertz CT molecular complexity index is 1170. The molecule has 2 aromatic carbocycles. The number of thioether (sulfide) groups is 1. The van der Waals surface area contributed by atoms with Crippen LogP contribution in [0.4, 0.5) is 4.39 Å². The molecular formula is C21H23FN6O2S. The molecule has 3 rings (SSSR count). The Morgan fingerprint density at radius 2 is 1.90 bits per heavy atom. The van der Waals surface area contributed by atoms with E-state index in [0.717, 1.165) is 16.7 Å². The van der Waals surface area contributed by atoms with E-state index in [1.807, 2.05) is 25.3 Å². The lowest BCUT2D eigenvalue weighted by molar-refractivity contribution is 0.288. The highest BCUT2D eigenvalue weighted by Gasteiger charge is 2.14. The van der Waals surface area contributed by atoms with Crippen LogP contribution in [0.1, 0.15) is 23.6 Å². The Labute approximate surface area is 183 Å². The van der Waals surface area contributed by atoms with Crippen LogP contribution in [0, 0.1) is 12.7 Å². The summed E-state index contributed by atoms with van der Waals surface area (Å²) in [6, 6.07) is 11.6. The summed E-state index contributed by atoms with van der Waals surface area (Å²) in [5, 5.41) is 16.2. The van der Waals surface area contributed by atoms with Gasteiger partial charge >= 0.3 is 5.69 Å². The monoisotopic (exact) mass is 442 g/mol. The first-order valence-corrected chi connectivity index (χ1v) is 10.9. The summed E-state index contributed by atoms with van der Waals surface area (Å²) in [5.41, 5.74) is 3.43. The molecule has 0 aliphatic rings. The Balaban J connectivity index is 1.84. The molecule has 0 saturated heterocycles. The van der Waals surface area contributed by atoms with E-state index in [1.165, 1.54) is 21.5 Å². The van der Waals surface area contributed by atoms with Gasteiger partial charge in [0.25, 0.3) is 0 Å². The number of benzene rings is 2. The number of tetrazole rings is 1. The van der Waals surface area contributed by atoms with Crippen LogP contribution < -0.4 is 5.69 Å². The van der Waals surface area contributed by atoms with Crippen molar-refractivity contribution in [1.82, 2.24) is 19.8 Å². The molecule has 0 aliphatic carbocycles. The molecule has 1 heterocycles. The molecule has 0 aliphatic heterocycles. The molecule has 10 heteroatoms. The van der Waals surface area contributed by atoms with Gasteiger partial charge in [-0.3, -0.25) is 0 Å². The second-order valence-corrected chi connectivity index (χ2v) is 7.64. The number of hydrogen-bond donors (Lipinski definition) is 0. The van der Waals surface area contributed by atoms with Crippen LogP contribution in [-0.4, -0.2) is 43.4 Å². The summed E-state index contributed by atoms with van der Waals surface area (Å²) in [5.74, 6) is 0.657. The van der Waals surface area contributed by atoms with E-state index >= 15 is 0 Å². The van der Waals surface area contributed by atoms with Crippen molar-refractivity contribution in [3.63, 3.8) is 0 Å². The summed E-state index contributed by atoms with van der Waals surface area (Å²) in [7, 11) is 1.54. The van der Waals surface area contributed by atoms with Crippen molar-refractivity contribution >= 4 is 23.4 Å². The van der Waals surface area contributed by atoms with Crippen molar-refractivity contribution in [3.05, 3.63) is 75.5 Å². The van der Waals surface area contributed by atoms with E-state index in [9.17, 15) is 9.18 Å². The highest BCUT2D eigenvalue weighted by atomic mass is 32.2. The summed E-state index contributed by atoms with van der Waals surface area (Å²) >= 11 is 1.55. The van der Waals surface area contributed by atoms with Gasteiger partial charge in [-0.2, -0.15) is 26.2 Å². The number of halogens is 1. The number of hydrogen-bond acceptors (Lipinski definition) is 7. The predicted molar refractivity (Wildman–Crippen MR) is 121 cm³/mol. The molecule has 0 amide bonds. The quantitative estimate of drug-likeness (QED) is 0.319. The van der Waals surface area contributed by atoms with E-state index < -0.39 is 0 Å². The minimum absolute atomic E-state index is 0.190. The minimum atomic E-state index is -0.343. The minimum Gasteiger partial charge on any atom is -0.474 e. The van der Waals surface area contributed by atoms with Crippen LogP contribution in [-0.2, 0) is 18.4 Å². The average molecular weight is 443 g/mol. The Hall–Kier alpha value is -3.27. The van der Waals surface area contributed by atoms with Gasteiger partial charge in [-0.1, -0.05) is 24.3 Å². The van der Waals surface area contributed by atoms with Crippen molar-refractivity contribution < 1.29 is 9.13 Å². The maximum atomic E-state index is 13.1. The molecular weight excluding hydrogens is 419 g/mol. The van der Waals surface area contributed by atoms with Crippen molar-refractivity contribution in [1.29, 1.82) is 0 Å². The molecule has 0 fully saturated rings. The van der Waals surface area contributed by atoms with Gasteiger partial charge < -0.3 is 4.74 Å². The molecule has 0 spiro atoms. The highest BCUT2D eigenvalue weighted by molar-refractivity contribution is 7.99. The van der Waals surface area contributed by atoms with Crippen LogP contribution in [0.3, 0.4) is 0 Å². The highest BCUT2D eigenvalue weighted by Crippen LogP contribution is 2.18. The third kappa shape index (κ3) is 5.46. The number of aromatic nitrogens is 4. The molecule has 0 N–H and O–H groups in total. The maximum Gasteiger partial charge on any atom is 0.368 e. The van der Waals surface area contributed by atoms with E-state index in [0.29, 0.717) is 23.0 Å². The number of nitrogens with zero attached hydrogens (tertiary/aromatic N) is 6. The van der Waals surface area contributed by atoms with Gasteiger partial charge in [0.2, 0.25) is 5.90 Å². The van der Waals surface area contributed by atoms with Crippen LogP contribution >= 0.6 is 11.8 Å². The largest absolute Gasteiger partial charge is 0.474 e. The van der Waals surface area contributed by atoms with Crippen LogP contribution in [0.5, 0.6) is 0 Å². The standard InChI is InChI=1S/C21H23FN6O2S/c1-14-6-5-7-19(28-21(29)27(3)25-26-28)18(14)12-30-20(13-31-4)24-23-15(2)16-8-10-17(22)11-9-16/h5-11H,12-13H2,1-4H3/b23-15+,24-20+. The van der Waals surface area contributed by atoms with E-state index in [4.69, 9.17) is 4.74 Å². The Morgan fingerprint density at radius 3 is 2.55 bits per heavy atom. The average Bonchev–Trinajstić information content (AvgIpc) is 3.09. The van der Waals surface area contributed by atoms with E-state index in [1.54, 1.807) is 43.9 Å². The van der Waals surface area contributed by atoms with Gasteiger partial charge in [0.15, 0.2) is 0 Å². The van der Waals surface area contributed by atoms with Gasteiger partial charge in [0.1, 0.15) is 12.4 Å². The van der Waals surface area contributed by atoms with Crippen LogP contribution in [0.15, 0.2) is 57.5 Å². The molecule has 0 unspecified atom stereocenters. The lowest BCUT2D eigenvalue weighted by Gasteiger charge is -2.13. The molecule has 0 saturated carbocycles. The predicted octanol–water partition coefficient (Wildman–Crippen LogP) is 3.12. The first-order valence-electron chi connectivity index (χ1n) is 9.47. The van der Waals surface area contributed by atoms with Crippen molar-refractivity contribution in [3.8, 4) is 5.69 Å². The lowest BCUT2D eigenvalue weighted by Crippen LogP contribution is -2.23. The third-order valence-electron chi connectivity index (χ3n) is 4.56. The number of ether oxygens (including phenoxy) is 1. The molecule has 162 valence electrons. The second-order valence-electron chi connectivity index (χ2n) is 6.78. The number of rotatable bonds is 7. The molecule has 0 radical (unpaired) electrons. The number of aryl methyl sites for hydroxylation is 2. The summed E-state index contributed by atoms with van der Waals surface area (Å²) in [6.45, 7) is 3.93. The summed E-state index contributed by atoms with van der Waals surface area (Å²) in [6.07, 6.45) is 1.94. The van der Waals surface area contributed by atoms with Crippen LogP contribution in [0.25, 0.3) is 5.69 Å². The molecule has 31 heavy (non-hydrogen) atoms. The van der Waals surface area contributed by atoms with Crippen molar-refractivity contribution in [2.75, 3.05) is 12.0 Å². The molecule has 3 aromatic rings. The van der Waals surface area contributed by atoms with Crippen molar-refractivity contribution in [2.45, 2.75) is 20.5 Å². The van der Waals surface area contributed by atoms with Gasteiger partial charge in [-0.15, -0.1) is 5.10 Å². The first kappa shape index (κ1) is 22.4. The smallest absolute Gasteiger partial charge is 0.368 e. The first-order chi connectivity index (χ1) is 14.9. The fourth-order valence-corrected chi connectivity index (χ4v) is 3.18. The molecule has 0 atom stereocenters. The molecule has 0 bridgehead atoms. The Morgan fingerprint density at radius 1 is 1.16 bits per heavy atom. The van der Waals surface area contributed by atoms with Gasteiger partial charge in [0, 0.05) is 12.6 Å². The van der Waals surface area contributed by atoms with Gasteiger partial charge in [-0.05, 0) is 59.9 Å².